The molecule has 0 bridgehead atoms. The van der Waals surface area contributed by atoms with Crippen molar-refractivity contribution in [1.29, 1.82) is 0 Å². The van der Waals surface area contributed by atoms with Gasteiger partial charge in [-0.3, -0.25) is 9.59 Å². The second kappa shape index (κ2) is 10.3. The van der Waals surface area contributed by atoms with Crippen molar-refractivity contribution in [2.24, 2.45) is 0 Å². The number of ether oxygens (including phenoxy) is 3. The summed E-state index contributed by atoms with van der Waals surface area (Å²) in [5.74, 6) is 0.834. The van der Waals surface area contributed by atoms with Crippen molar-refractivity contribution in [3.05, 3.63) is 33.6 Å². The fraction of sp³-hybridized carbons (Fsp3) is 0.435. The van der Waals surface area contributed by atoms with Crippen LogP contribution in [0, 0.1) is 6.92 Å². The number of aromatic nitrogens is 3. The lowest BCUT2D eigenvalue weighted by atomic mass is 10.1. The van der Waals surface area contributed by atoms with Crippen molar-refractivity contribution >= 4 is 33.6 Å². The third kappa shape index (κ3) is 4.92. The summed E-state index contributed by atoms with van der Waals surface area (Å²) in [6, 6.07) is 5.36. The van der Waals surface area contributed by atoms with Gasteiger partial charge in [-0.2, -0.15) is 5.10 Å². The van der Waals surface area contributed by atoms with E-state index in [0.717, 1.165) is 9.69 Å². The van der Waals surface area contributed by atoms with Gasteiger partial charge in [0.05, 0.1) is 30.5 Å². The number of benzene rings is 1. The van der Waals surface area contributed by atoms with Crippen LogP contribution in [-0.2, 0) is 16.1 Å². The van der Waals surface area contributed by atoms with E-state index in [0.29, 0.717) is 60.2 Å². The first-order valence-electron chi connectivity index (χ1n) is 11.2. The summed E-state index contributed by atoms with van der Waals surface area (Å²) in [4.78, 5) is 45.7. The number of hydrogen-bond acceptors (Lipinski definition) is 9. The van der Waals surface area contributed by atoms with E-state index < -0.39 is 5.56 Å². The van der Waals surface area contributed by atoms with Crippen LogP contribution < -0.4 is 15.0 Å². The van der Waals surface area contributed by atoms with Gasteiger partial charge >= 0.3 is 6.09 Å². The SMILES string of the molecule is CCOC(=O)N1CCN(C(=O)Cn2nc(-c3ccc(OC)c(OC)c3)c3sc(C)nc3c2=O)CC1. The Balaban J connectivity index is 1.63. The molecule has 35 heavy (non-hydrogen) atoms. The highest BCUT2D eigenvalue weighted by Gasteiger charge is 2.26. The van der Waals surface area contributed by atoms with Gasteiger partial charge < -0.3 is 24.0 Å². The number of fused-ring (bicyclic) bond motifs is 1. The van der Waals surface area contributed by atoms with Crippen LogP contribution in [0.25, 0.3) is 21.5 Å². The van der Waals surface area contributed by atoms with Crippen LogP contribution in [0.1, 0.15) is 11.9 Å². The summed E-state index contributed by atoms with van der Waals surface area (Å²) in [6.07, 6.45) is -0.388. The van der Waals surface area contributed by atoms with Gasteiger partial charge in [0.1, 0.15) is 12.2 Å². The Morgan fingerprint density at radius 1 is 1.06 bits per heavy atom. The molecule has 0 spiro atoms. The molecule has 0 N–H and O–H groups in total. The fourth-order valence-electron chi connectivity index (χ4n) is 3.93. The van der Waals surface area contributed by atoms with Crippen molar-refractivity contribution in [2.45, 2.75) is 20.4 Å². The van der Waals surface area contributed by atoms with Gasteiger partial charge in [0.25, 0.3) is 5.56 Å². The molecular weight excluding hydrogens is 474 g/mol. The molecule has 11 nitrogen and oxygen atoms in total. The lowest BCUT2D eigenvalue weighted by Crippen LogP contribution is -2.51. The Hall–Kier alpha value is -3.67. The summed E-state index contributed by atoms with van der Waals surface area (Å²) in [7, 11) is 3.10. The number of amides is 2. The predicted molar refractivity (Wildman–Crippen MR) is 130 cm³/mol. The molecular formula is C23H27N5O6S. The fourth-order valence-corrected chi connectivity index (χ4v) is 4.84. The summed E-state index contributed by atoms with van der Waals surface area (Å²) >= 11 is 1.37. The van der Waals surface area contributed by atoms with Crippen molar-refractivity contribution in [1.82, 2.24) is 24.6 Å². The molecule has 1 aliphatic heterocycles. The predicted octanol–water partition coefficient (Wildman–Crippen LogP) is 2.15. The minimum Gasteiger partial charge on any atom is -0.493 e. The van der Waals surface area contributed by atoms with Gasteiger partial charge in [0, 0.05) is 31.7 Å². The zero-order valence-electron chi connectivity index (χ0n) is 20.1. The van der Waals surface area contributed by atoms with Crippen molar-refractivity contribution in [2.75, 3.05) is 47.0 Å². The summed E-state index contributed by atoms with van der Waals surface area (Å²) in [6.45, 7) is 5.08. The van der Waals surface area contributed by atoms with Crippen LogP contribution in [0.2, 0.25) is 0 Å². The molecule has 3 heterocycles. The summed E-state index contributed by atoms with van der Waals surface area (Å²) in [5, 5.41) is 5.29. The standard InChI is InChI=1S/C23H27N5O6S/c1-5-34-23(31)27-10-8-26(9-11-27)18(29)13-28-22(30)20-21(35-14(2)24-20)19(25-28)15-6-7-16(32-3)17(12-15)33-4/h6-7,12H,5,8-11,13H2,1-4H3. The molecule has 3 aromatic rings. The summed E-state index contributed by atoms with van der Waals surface area (Å²) < 4.78 is 17.6. The van der Waals surface area contributed by atoms with Crippen molar-refractivity contribution in [3.63, 3.8) is 0 Å². The van der Waals surface area contributed by atoms with Gasteiger partial charge in [-0.05, 0) is 32.0 Å². The average Bonchev–Trinajstić information content (AvgIpc) is 3.27. The molecule has 1 aliphatic rings. The summed E-state index contributed by atoms with van der Waals surface area (Å²) in [5.41, 5.74) is 1.09. The van der Waals surface area contributed by atoms with Gasteiger partial charge in [-0.25, -0.2) is 14.5 Å². The Morgan fingerprint density at radius 3 is 2.40 bits per heavy atom. The lowest BCUT2D eigenvalue weighted by molar-refractivity contribution is -0.133. The Labute approximate surface area is 205 Å². The van der Waals surface area contributed by atoms with Gasteiger partial charge in [0.15, 0.2) is 17.0 Å². The lowest BCUT2D eigenvalue weighted by Gasteiger charge is -2.34. The smallest absolute Gasteiger partial charge is 0.409 e. The molecule has 1 aromatic carbocycles. The zero-order valence-corrected chi connectivity index (χ0v) is 20.9. The molecule has 1 saturated heterocycles. The molecule has 0 saturated carbocycles. The van der Waals surface area contributed by atoms with Crippen LogP contribution >= 0.6 is 11.3 Å². The molecule has 12 heteroatoms. The zero-order chi connectivity index (χ0) is 25.1. The number of carbonyl (C=O) groups excluding carboxylic acids is 2. The molecule has 186 valence electrons. The quantitative estimate of drug-likeness (QED) is 0.505. The molecule has 0 atom stereocenters. The van der Waals surface area contributed by atoms with Gasteiger partial charge in [0.2, 0.25) is 5.91 Å². The van der Waals surface area contributed by atoms with E-state index in [1.54, 1.807) is 43.1 Å². The van der Waals surface area contributed by atoms with E-state index in [1.165, 1.54) is 11.3 Å². The normalized spacial score (nSPS) is 13.7. The van der Waals surface area contributed by atoms with E-state index in [2.05, 4.69) is 10.1 Å². The first kappa shape index (κ1) is 24.5. The number of hydrogen-bond donors (Lipinski definition) is 0. The molecule has 0 aliphatic carbocycles. The topological polar surface area (TPSA) is 116 Å². The van der Waals surface area contributed by atoms with E-state index >= 15 is 0 Å². The average molecular weight is 502 g/mol. The van der Waals surface area contributed by atoms with Crippen LogP contribution in [0.15, 0.2) is 23.0 Å². The van der Waals surface area contributed by atoms with E-state index in [9.17, 15) is 14.4 Å². The molecule has 0 radical (unpaired) electrons. The van der Waals surface area contributed by atoms with E-state index in [4.69, 9.17) is 14.2 Å². The highest BCUT2D eigenvalue weighted by molar-refractivity contribution is 7.19. The molecule has 2 aromatic heterocycles. The molecule has 0 unspecified atom stereocenters. The Morgan fingerprint density at radius 2 is 1.74 bits per heavy atom. The molecule has 4 rings (SSSR count). The molecule has 2 amide bonds. The number of methoxy groups -OCH3 is 2. The van der Waals surface area contributed by atoms with Crippen LogP contribution in [0.4, 0.5) is 4.79 Å². The number of thiazole rings is 1. The Kier molecular flexibility index (Phi) is 7.20. The van der Waals surface area contributed by atoms with E-state index in [-0.39, 0.29) is 24.1 Å². The number of piperazine rings is 1. The second-order valence-electron chi connectivity index (χ2n) is 7.86. The number of rotatable bonds is 6. The van der Waals surface area contributed by atoms with Gasteiger partial charge in [-0.15, -0.1) is 11.3 Å². The maximum absolute atomic E-state index is 13.1. The first-order valence-corrected chi connectivity index (χ1v) is 12.0. The first-order chi connectivity index (χ1) is 16.9. The van der Waals surface area contributed by atoms with Crippen LogP contribution in [-0.4, -0.2) is 83.6 Å². The van der Waals surface area contributed by atoms with E-state index in [1.807, 2.05) is 13.0 Å². The van der Waals surface area contributed by atoms with Crippen LogP contribution in [0.3, 0.4) is 0 Å². The third-order valence-corrected chi connectivity index (χ3v) is 6.68. The highest BCUT2D eigenvalue weighted by atomic mass is 32.1. The molecule has 1 fully saturated rings. The maximum Gasteiger partial charge on any atom is 0.409 e. The van der Waals surface area contributed by atoms with Crippen LogP contribution in [0.5, 0.6) is 11.5 Å². The number of nitrogens with zero attached hydrogens (tertiary/aromatic N) is 5. The third-order valence-electron chi connectivity index (χ3n) is 5.71. The van der Waals surface area contributed by atoms with Crippen molar-refractivity contribution in [3.8, 4) is 22.8 Å². The minimum atomic E-state index is -0.424. The minimum absolute atomic E-state index is 0.231. The monoisotopic (exact) mass is 501 g/mol. The van der Waals surface area contributed by atoms with Gasteiger partial charge in [-0.1, -0.05) is 0 Å². The maximum atomic E-state index is 13.1. The second-order valence-corrected chi connectivity index (χ2v) is 9.06. The number of aryl methyl sites for hydroxylation is 1. The van der Waals surface area contributed by atoms with Crippen molar-refractivity contribution < 1.29 is 23.8 Å². The Bertz CT molecular complexity index is 1310. The highest BCUT2D eigenvalue weighted by Crippen LogP contribution is 2.35. The largest absolute Gasteiger partial charge is 0.493 e. The number of carbonyl (C=O) groups is 2.